The van der Waals surface area contributed by atoms with Crippen molar-refractivity contribution < 1.29 is 28.5 Å². The monoisotopic (exact) mass is 338 g/mol. The molecule has 6 heteroatoms. The van der Waals surface area contributed by atoms with Crippen molar-refractivity contribution in [2.24, 2.45) is 0 Å². The minimum absolute atomic E-state index is 0.0685. The van der Waals surface area contributed by atoms with Crippen LogP contribution < -0.4 is 0 Å². The largest absolute Gasteiger partial charge is 0.460 e. The van der Waals surface area contributed by atoms with Gasteiger partial charge in [-0.25, -0.2) is 9.59 Å². The van der Waals surface area contributed by atoms with Crippen LogP contribution in [0.3, 0.4) is 0 Å². The third kappa shape index (κ3) is 7.57. The molecule has 6 nitrogen and oxygen atoms in total. The molecule has 0 radical (unpaired) electrons. The molecule has 134 valence electrons. The van der Waals surface area contributed by atoms with Gasteiger partial charge in [0.15, 0.2) is 0 Å². The highest BCUT2D eigenvalue weighted by atomic mass is 16.6. The molecular formula is C18H26O6. The Hall–Kier alpha value is -1.92. The molecule has 0 aliphatic carbocycles. The van der Waals surface area contributed by atoms with E-state index in [-0.39, 0.29) is 36.5 Å². The van der Waals surface area contributed by atoms with Crippen molar-refractivity contribution in [3.8, 4) is 0 Å². The number of ether oxygens (including phenoxy) is 4. The van der Waals surface area contributed by atoms with E-state index in [2.05, 4.69) is 0 Å². The van der Waals surface area contributed by atoms with Crippen molar-refractivity contribution in [1.82, 2.24) is 0 Å². The molecule has 0 aliphatic heterocycles. The van der Waals surface area contributed by atoms with Gasteiger partial charge in [-0.15, -0.1) is 0 Å². The first-order valence-electron chi connectivity index (χ1n) is 8.08. The van der Waals surface area contributed by atoms with Crippen molar-refractivity contribution in [1.29, 1.82) is 0 Å². The molecule has 0 fully saturated rings. The molecule has 0 spiro atoms. The van der Waals surface area contributed by atoms with Crippen LogP contribution >= 0.6 is 0 Å². The van der Waals surface area contributed by atoms with Crippen molar-refractivity contribution in [3.05, 3.63) is 35.4 Å². The van der Waals surface area contributed by atoms with Gasteiger partial charge < -0.3 is 18.9 Å². The molecule has 1 rings (SSSR count). The Balaban J connectivity index is 2.56. The van der Waals surface area contributed by atoms with E-state index in [0.717, 1.165) is 0 Å². The molecule has 1 aromatic rings. The molecule has 0 heterocycles. The average molecular weight is 338 g/mol. The Kier molecular flexibility index (Phi) is 9.04. The standard InChI is InChI=1S/C18H26O6/c1-13(2)21-9-11-23-17(19)15-7-5-6-8-16(15)18(20)24-12-10-22-14(3)4/h5-8,13-14H,9-12H2,1-4H3. The number of hydrogen-bond acceptors (Lipinski definition) is 6. The summed E-state index contributed by atoms with van der Waals surface area (Å²) in [4.78, 5) is 24.2. The number of carbonyl (C=O) groups is 2. The highest BCUT2D eigenvalue weighted by Gasteiger charge is 2.19. The van der Waals surface area contributed by atoms with Crippen LogP contribution in [-0.4, -0.2) is 50.6 Å². The number of carbonyl (C=O) groups excluding carboxylic acids is 2. The van der Waals surface area contributed by atoms with Gasteiger partial charge in [0.1, 0.15) is 13.2 Å². The van der Waals surface area contributed by atoms with E-state index >= 15 is 0 Å². The summed E-state index contributed by atoms with van der Waals surface area (Å²) in [5, 5.41) is 0. The van der Waals surface area contributed by atoms with Crippen LogP contribution in [-0.2, 0) is 18.9 Å². The van der Waals surface area contributed by atoms with E-state index in [1.165, 1.54) is 12.1 Å². The number of hydrogen-bond donors (Lipinski definition) is 0. The van der Waals surface area contributed by atoms with Gasteiger partial charge in [-0.1, -0.05) is 12.1 Å². The lowest BCUT2D eigenvalue weighted by Gasteiger charge is -2.11. The van der Waals surface area contributed by atoms with Crippen molar-refractivity contribution in [2.45, 2.75) is 39.9 Å². The smallest absolute Gasteiger partial charge is 0.339 e. The fraction of sp³-hybridized carbons (Fsp3) is 0.556. The Bertz CT molecular complexity index is 477. The number of rotatable bonds is 10. The normalized spacial score (nSPS) is 10.9. The maximum Gasteiger partial charge on any atom is 0.339 e. The average Bonchev–Trinajstić information content (AvgIpc) is 2.54. The van der Waals surface area contributed by atoms with E-state index in [0.29, 0.717) is 13.2 Å². The zero-order valence-electron chi connectivity index (χ0n) is 14.7. The van der Waals surface area contributed by atoms with Crippen molar-refractivity contribution >= 4 is 11.9 Å². The second-order valence-electron chi connectivity index (χ2n) is 5.66. The fourth-order valence-corrected chi connectivity index (χ4v) is 1.83. The van der Waals surface area contributed by atoms with Crippen LogP contribution in [0.2, 0.25) is 0 Å². The zero-order chi connectivity index (χ0) is 17.9. The van der Waals surface area contributed by atoms with Gasteiger partial charge in [0.25, 0.3) is 0 Å². The van der Waals surface area contributed by atoms with E-state index in [9.17, 15) is 9.59 Å². The van der Waals surface area contributed by atoms with Crippen molar-refractivity contribution in [3.63, 3.8) is 0 Å². The molecule has 24 heavy (non-hydrogen) atoms. The maximum atomic E-state index is 12.1. The lowest BCUT2D eigenvalue weighted by Crippen LogP contribution is -2.18. The Morgan fingerprint density at radius 2 is 1.12 bits per heavy atom. The second-order valence-corrected chi connectivity index (χ2v) is 5.66. The quantitative estimate of drug-likeness (QED) is 0.482. The van der Waals surface area contributed by atoms with Crippen LogP contribution in [0.5, 0.6) is 0 Å². The summed E-state index contributed by atoms with van der Waals surface area (Å²) in [6.07, 6.45) is 0.137. The Morgan fingerprint density at radius 1 is 0.750 bits per heavy atom. The van der Waals surface area contributed by atoms with Gasteiger partial charge in [0, 0.05) is 0 Å². The van der Waals surface area contributed by atoms with E-state index in [1.807, 2.05) is 27.7 Å². The summed E-state index contributed by atoms with van der Waals surface area (Å²) in [5.74, 6) is -1.15. The van der Waals surface area contributed by atoms with Crippen molar-refractivity contribution in [2.75, 3.05) is 26.4 Å². The van der Waals surface area contributed by atoms with E-state index in [1.54, 1.807) is 12.1 Å². The van der Waals surface area contributed by atoms with Gasteiger partial charge in [-0.05, 0) is 39.8 Å². The molecule has 0 bridgehead atoms. The maximum absolute atomic E-state index is 12.1. The van der Waals surface area contributed by atoms with Gasteiger partial charge in [-0.2, -0.15) is 0 Å². The summed E-state index contributed by atoms with van der Waals surface area (Å²) < 4.78 is 20.9. The topological polar surface area (TPSA) is 71.1 Å². The molecule has 0 aromatic heterocycles. The molecule has 0 saturated carbocycles. The zero-order valence-corrected chi connectivity index (χ0v) is 14.7. The number of esters is 2. The summed E-state index contributed by atoms with van der Waals surface area (Å²) in [6.45, 7) is 8.47. The summed E-state index contributed by atoms with van der Waals surface area (Å²) in [7, 11) is 0. The summed E-state index contributed by atoms with van der Waals surface area (Å²) in [5.41, 5.74) is 0.355. The first kappa shape index (κ1) is 20.1. The summed E-state index contributed by atoms with van der Waals surface area (Å²) >= 11 is 0. The minimum atomic E-state index is -0.576. The predicted molar refractivity (Wildman–Crippen MR) is 89.2 cm³/mol. The fourth-order valence-electron chi connectivity index (χ4n) is 1.83. The first-order valence-corrected chi connectivity index (χ1v) is 8.08. The lowest BCUT2D eigenvalue weighted by atomic mass is 10.1. The van der Waals surface area contributed by atoms with Crippen LogP contribution in [0, 0.1) is 0 Å². The molecule has 0 amide bonds. The van der Waals surface area contributed by atoms with Gasteiger partial charge in [-0.3, -0.25) is 0 Å². The van der Waals surface area contributed by atoms with E-state index in [4.69, 9.17) is 18.9 Å². The predicted octanol–water partition coefficient (Wildman–Crippen LogP) is 2.85. The lowest BCUT2D eigenvalue weighted by molar-refractivity contribution is 0.0150. The van der Waals surface area contributed by atoms with Crippen LogP contribution in [0.4, 0.5) is 0 Å². The molecule has 0 saturated heterocycles. The van der Waals surface area contributed by atoms with Gasteiger partial charge >= 0.3 is 11.9 Å². The second kappa shape index (κ2) is 10.8. The first-order chi connectivity index (χ1) is 11.4. The Morgan fingerprint density at radius 3 is 1.46 bits per heavy atom. The SMILES string of the molecule is CC(C)OCCOC(=O)c1ccccc1C(=O)OCCOC(C)C. The molecule has 0 atom stereocenters. The molecule has 1 aromatic carbocycles. The summed E-state index contributed by atoms with van der Waals surface area (Å²) in [6, 6.07) is 6.40. The van der Waals surface area contributed by atoms with Crippen LogP contribution in [0.25, 0.3) is 0 Å². The molecule has 0 unspecified atom stereocenters. The number of benzene rings is 1. The third-order valence-electron chi connectivity index (χ3n) is 2.90. The minimum Gasteiger partial charge on any atom is -0.460 e. The van der Waals surface area contributed by atoms with Gasteiger partial charge in [0.2, 0.25) is 0 Å². The van der Waals surface area contributed by atoms with Gasteiger partial charge in [0.05, 0.1) is 36.5 Å². The highest BCUT2D eigenvalue weighted by Crippen LogP contribution is 2.12. The molecular weight excluding hydrogens is 312 g/mol. The van der Waals surface area contributed by atoms with Crippen LogP contribution in [0.1, 0.15) is 48.4 Å². The third-order valence-corrected chi connectivity index (χ3v) is 2.90. The Labute approximate surface area is 143 Å². The van der Waals surface area contributed by atoms with Crippen LogP contribution in [0.15, 0.2) is 24.3 Å². The van der Waals surface area contributed by atoms with E-state index < -0.39 is 11.9 Å². The molecule has 0 N–H and O–H groups in total. The highest BCUT2D eigenvalue weighted by molar-refractivity contribution is 6.03. The molecule has 0 aliphatic rings.